The van der Waals surface area contributed by atoms with Crippen LogP contribution >= 0.6 is 0 Å². The fraction of sp³-hybridized carbons (Fsp3) is 0.765. The van der Waals surface area contributed by atoms with Gasteiger partial charge in [0.2, 0.25) is 11.8 Å². The highest BCUT2D eigenvalue weighted by atomic mass is 16.2. The number of carbonyl (C=O) groups excluding carboxylic acids is 4. The number of imide groups is 1. The molecule has 138 valence electrons. The second-order valence-electron chi connectivity index (χ2n) is 7.07. The topological polar surface area (TPSA) is 90.0 Å². The summed E-state index contributed by atoms with van der Waals surface area (Å²) in [4.78, 5) is 52.7. The van der Waals surface area contributed by atoms with Crippen molar-refractivity contribution in [2.24, 2.45) is 5.92 Å². The van der Waals surface area contributed by atoms with E-state index in [-0.39, 0.29) is 42.8 Å². The Morgan fingerprint density at radius 3 is 2.68 bits per heavy atom. The van der Waals surface area contributed by atoms with Gasteiger partial charge in [-0.15, -0.1) is 0 Å². The van der Waals surface area contributed by atoms with Crippen LogP contribution in [0.3, 0.4) is 0 Å². The summed E-state index contributed by atoms with van der Waals surface area (Å²) in [6.07, 6.45) is 4.17. The van der Waals surface area contributed by atoms with Gasteiger partial charge in [0.1, 0.15) is 6.54 Å². The number of piperidine rings is 2. The SMILES string of the molecule is CCCCN1C(=O)CC[C@@H]2CN(C(=O)CN3C(=O)CNC3=O)CC[C@@H]21. The van der Waals surface area contributed by atoms with E-state index in [1.807, 2.05) is 4.90 Å². The first-order valence-corrected chi connectivity index (χ1v) is 9.16. The number of amides is 5. The van der Waals surface area contributed by atoms with E-state index in [0.717, 1.165) is 37.1 Å². The molecule has 8 nitrogen and oxygen atoms in total. The molecule has 5 amide bonds. The molecule has 3 saturated heterocycles. The van der Waals surface area contributed by atoms with Gasteiger partial charge >= 0.3 is 6.03 Å². The minimum absolute atomic E-state index is 0.0364. The number of likely N-dealkylation sites (tertiary alicyclic amines) is 2. The number of hydrogen-bond donors (Lipinski definition) is 1. The monoisotopic (exact) mass is 350 g/mol. The second-order valence-corrected chi connectivity index (χ2v) is 7.07. The van der Waals surface area contributed by atoms with Crippen molar-refractivity contribution < 1.29 is 19.2 Å². The van der Waals surface area contributed by atoms with Crippen LogP contribution in [0.2, 0.25) is 0 Å². The van der Waals surface area contributed by atoms with E-state index in [9.17, 15) is 19.2 Å². The lowest BCUT2D eigenvalue weighted by atomic mass is 9.83. The summed E-state index contributed by atoms with van der Waals surface area (Å²) in [5, 5.41) is 2.43. The smallest absolute Gasteiger partial charge is 0.325 e. The van der Waals surface area contributed by atoms with Crippen LogP contribution in [0.1, 0.15) is 39.0 Å². The normalized spacial score (nSPS) is 26.8. The van der Waals surface area contributed by atoms with Gasteiger partial charge in [0.15, 0.2) is 0 Å². The first-order chi connectivity index (χ1) is 12.0. The molecule has 3 heterocycles. The highest BCUT2D eigenvalue weighted by Gasteiger charge is 2.41. The molecule has 8 heteroatoms. The zero-order chi connectivity index (χ0) is 18.0. The third kappa shape index (κ3) is 3.62. The highest BCUT2D eigenvalue weighted by molar-refractivity contribution is 6.04. The van der Waals surface area contributed by atoms with Crippen LogP contribution in [0.25, 0.3) is 0 Å². The summed E-state index contributed by atoms with van der Waals surface area (Å²) < 4.78 is 0. The van der Waals surface area contributed by atoms with Crippen LogP contribution in [0, 0.1) is 5.92 Å². The van der Waals surface area contributed by atoms with Crippen LogP contribution in [0.5, 0.6) is 0 Å². The molecule has 3 fully saturated rings. The first-order valence-electron chi connectivity index (χ1n) is 9.16. The molecule has 0 aliphatic carbocycles. The molecule has 25 heavy (non-hydrogen) atoms. The average Bonchev–Trinajstić information content (AvgIpc) is 2.92. The van der Waals surface area contributed by atoms with E-state index in [1.165, 1.54) is 0 Å². The number of nitrogens with zero attached hydrogens (tertiary/aromatic N) is 3. The highest BCUT2D eigenvalue weighted by Crippen LogP contribution is 2.31. The minimum atomic E-state index is -0.498. The molecule has 1 N–H and O–H groups in total. The second kappa shape index (κ2) is 7.41. The summed E-state index contributed by atoms with van der Waals surface area (Å²) in [5.41, 5.74) is 0. The van der Waals surface area contributed by atoms with E-state index in [4.69, 9.17) is 0 Å². The Labute approximate surface area is 147 Å². The van der Waals surface area contributed by atoms with Crippen LogP contribution in [-0.2, 0) is 14.4 Å². The Morgan fingerprint density at radius 2 is 2.00 bits per heavy atom. The van der Waals surface area contributed by atoms with Crippen molar-refractivity contribution in [1.82, 2.24) is 20.0 Å². The fourth-order valence-electron chi connectivity index (χ4n) is 4.05. The maximum absolute atomic E-state index is 12.5. The van der Waals surface area contributed by atoms with Gasteiger partial charge in [0, 0.05) is 32.1 Å². The molecule has 0 saturated carbocycles. The summed E-state index contributed by atoms with van der Waals surface area (Å²) in [6, 6.07) is -0.282. The lowest BCUT2D eigenvalue weighted by molar-refractivity contribution is -0.145. The molecule has 0 aromatic heterocycles. The number of rotatable bonds is 5. The predicted octanol–water partition coefficient (Wildman–Crippen LogP) is 0.178. The largest absolute Gasteiger partial charge is 0.341 e. The Morgan fingerprint density at radius 1 is 1.20 bits per heavy atom. The molecule has 0 unspecified atom stereocenters. The standard InChI is InChI=1S/C17H26N4O4/c1-2-3-7-20-13-6-8-19(10-12(13)4-5-14(20)22)16(24)11-21-15(23)9-18-17(21)25/h12-13H,2-11H2,1H3,(H,18,25)/t12-,13+/m1/s1. The third-order valence-corrected chi connectivity index (χ3v) is 5.48. The molecular formula is C17H26N4O4. The zero-order valence-electron chi connectivity index (χ0n) is 14.7. The molecule has 3 aliphatic rings. The lowest BCUT2D eigenvalue weighted by Gasteiger charge is -2.47. The average molecular weight is 350 g/mol. The van der Waals surface area contributed by atoms with Gasteiger partial charge in [-0.05, 0) is 25.2 Å². The van der Waals surface area contributed by atoms with Gasteiger partial charge in [0.25, 0.3) is 5.91 Å². The number of urea groups is 1. The molecule has 0 radical (unpaired) electrons. The summed E-state index contributed by atoms with van der Waals surface area (Å²) in [6.45, 7) is 3.85. The molecule has 2 atom stereocenters. The van der Waals surface area contributed by atoms with E-state index >= 15 is 0 Å². The summed E-state index contributed by atoms with van der Waals surface area (Å²) in [5.74, 6) is -0.0349. The van der Waals surface area contributed by atoms with Crippen molar-refractivity contribution in [2.75, 3.05) is 32.7 Å². The minimum Gasteiger partial charge on any atom is -0.341 e. The molecule has 3 rings (SSSR count). The zero-order valence-corrected chi connectivity index (χ0v) is 14.7. The van der Waals surface area contributed by atoms with E-state index in [2.05, 4.69) is 12.2 Å². The molecular weight excluding hydrogens is 324 g/mol. The van der Waals surface area contributed by atoms with Gasteiger partial charge in [-0.2, -0.15) is 0 Å². The van der Waals surface area contributed by atoms with Gasteiger partial charge in [-0.3, -0.25) is 19.3 Å². The molecule has 0 aromatic rings. The number of nitrogens with one attached hydrogen (secondary N) is 1. The third-order valence-electron chi connectivity index (χ3n) is 5.48. The van der Waals surface area contributed by atoms with E-state index in [0.29, 0.717) is 19.5 Å². The van der Waals surface area contributed by atoms with Crippen molar-refractivity contribution in [3.05, 3.63) is 0 Å². The van der Waals surface area contributed by atoms with Crippen LogP contribution in [0.15, 0.2) is 0 Å². The Balaban J connectivity index is 1.59. The van der Waals surface area contributed by atoms with Crippen molar-refractivity contribution in [3.63, 3.8) is 0 Å². The maximum atomic E-state index is 12.5. The quantitative estimate of drug-likeness (QED) is 0.716. The van der Waals surface area contributed by atoms with Crippen LogP contribution in [-0.4, -0.2) is 77.2 Å². The number of hydrogen-bond acceptors (Lipinski definition) is 4. The van der Waals surface area contributed by atoms with E-state index in [1.54, 1.807) is 4.90 Å². The summed E-state index contributed by atoms with van der Waals surface area (Å²) >= 11 is 0. The van der Waals surface area contributed by atoms with Crippen LogP contribution in [0.4, 0.5) is 4.79 Å². The fourth-order valence-corrected chi connectivity index (χ4v) is 4.05. The van der Waals surface area contributed by atoms with Crippen molar-refractivity contribution in [3.8, 4) is 0 Å². The van der Waals surface area contributed by atoms with Gasteiger partial charge < -0.3 is 15.1 Å². The number of unbranched alkanes of at least 4 members (excludes halogenated alkanes) is 1. The van der Waals surface area contributed by atoms with Gasteiger partial charge in [0.05, 0.1) is 6.54 Å². The Kier molecular flexibility index (Phi) is 5.24. The first kappa shape index (κ1) is 17.7. The van der Waals surface area contributed by atoms with Gasteiger partial charge in [-0.1, -0.05) is 13.3 Å². The van der Waals surface area contributed by atoms with Crippen molar-refractivity contribution in [2.45, 2.75) is 45.1 Å². The molecule has 0 bridgehead atoms. The molecule has 3 aliphatic heterocycles. The maximum Gasteiger partial charge on any atom is 0.325 e. The summed E-state index contributed by atoms with van der Waals surface area (Å²) in [7, 11) is 0. The number of carbonyl (C=O) groups is 4. The molecule has 0 spiro atoms. The lowest BCUT2D eigenvalue weighted by Crippen LogP contribution is -2.58. The number of fused-ring (bicyclic) bond motifs is 1. The van der Waals surface area contributed by atoms with Gasteiger partial charge in [-0.25, -0.2) is 4.79 Å². The Bertz CT molecular complexity index is 563. The van der Waals surface area contributed by atoms with E-state index < -0.39 is 6.03 Å². The van der Waals surface area contributed by atoms with Crippen LogP contribution < -0.4 is 5.32 Å². The van der Waals surface area contributed by atoms with Crippen molar-refractivity contribution >= 4 is 23.8 Å². The van der Waals surface area contributed by atoms with Crippen molar-refractivity contribution in [1.29, 1.82) is 0 Å². The molecule has 0 aromatic carbocycles. The predicted molar refractivity (Wildman–Crippen MR) is 89.4 cm³/mol. The Hall–Kier alpha value is -2.12.